The first kappa shape index (κ1) is 28.3. The quantitative estimate of drug-likeness (QED) is 0.312. The van der Waals surface area contributed by atoms with Gasteiger partial charge in [-0.25, -0.2) is 0 Å². The van der Waals surface area contributed by atoms with E-state index >= 15 is 0 Å². The molecule has 0 heteroatoms. The molecule has 4 rings (SSSR count). The summed E-state index contributed by atoms with van der Waals surface area (Å²) in [5.41, 5.74) is 10.1. The van der Waals surface area contributed by atoms with Crippen molar-refractivity contribution >= 4 is 0 Å². The van der Waals surface area contributed by atoms with Crippen LogP contribution in [0.15, 0.2) is 65.3 Å². The molecule has 184 valence electrons. The first-order valence-electron chi connectivity index (χ1n) is 13.7. The number of benzene rings is 2. The van der Waals surface area contributed by atoms with Crippen molar-refractivity contribution in [3.63, 3.8) is 0 Å². The van der Waals surface area contributed by atoms with Crippen molar-refractivity contribution in [1.82, 2.24) is 0 Å². The number of rotatable bonds is 4. The van der Waals surface area contributed by atoms with Crippen LogP contribution in [0.1, 0.15) is 114 Å². The van der Waals surface area contributed by atoms with E-state index in [1.807, 2.05) is 27.7 Å². The van der Waals surface area contributed by atoms with Gasteiger partial charge in [0.15, 0.2) is 0 Å². The zero-order chi connectivity index (χ0) is 25.8. The molecule has 0 spiro atoms. The highest BCUT2D eigenvalue weighted by molar-refractivity contribution is 5.54. The molecule has 0 amide bonds. The molecule has 0 unspecified atom stereocenters. The Morgan fingerprint density at radius 3 is 2.00 bits per heavy atom. The van der Waals surface area contributed by atoms with Crippen LogP contribution in [0.4, 0.5) is 0 Å². The van der Waals surface area contributed by atoms with E-state index in [1.54, 1.807) is 0 Å². The summed E-state index contributed by atoms with van der Waals surface area (Å²) in [5, 5.41) is 0. The second-order valence-corrected chi connectivity index (χ2v) is 9.23. The maximum absolute atomic E-state index is 3.53. The molecule has 0 atom stereocenters. The Labute approximate surface area is 216 Å². The van der Waals surface area contributed by atoms with E-state index in [9.17, 15) is 0 Å². The average Bonchev–Trinajstić information content (AvgIpc) is 3.80. The highest BCUT2D eigenvalue weighted by Gasteiger charge is 2.27. The monoisotopic (exact) mass is 464 g/mol. The van der Waals surface area contributed by atoms with Gasteiger partial charge in [0.25, 0.3) is 0 Å². The molecule has 2 aromatic rings. The van der Waals surface area contributed by atoms with Crippen LogP contribution in [0.3, 0.4) is 0 Å². The van der Waals surface area contributed by atoms with Gasteiger partial charge in [0.2, 0.25) is 0 Å². The molecule has 0 bridgehead atoms. The average molecular weight is 465 g/mol. The van der Waals surface area contributed by atoms with Crippen LogP contribution in [0, 0.1) is 36.5 Å². The summed E-state index contributed by atoms with van der Waals surface area (Å²) in [6.45, 7) is 16.7. The molecule has 2 fully saturated rings. The predicted octanol–water partition coefficient (Wildman–Crippen LogP) is 9.76. The van der Waals surface area contributed by atoms with E-state index in [0.717, 1.165) is 29.0 Å². The Kier molecular flexibility index (Phi) is 11.7. The number of hydrogen-bond acceptors (Lipinski definition) is 0. The van der Waals surface area contributed by atoms with Crippen LogP contribution in [0.25, 0.3) is 0 Å². The summed E-state index contributed by atoms with van der Waals surface area (Å²) in [7, 11) is 0. The highest BCUT2D eigenvalue weighted by Crippen LogP contribution is 2.42. The third-order valence-corrected chi connectivity index (χ3v) is 5.98. The molecule has 2 aliphatic carbocycles. The minimum Gasteiger partial charge on any atom is -0.0761 e. The standard InChI is InChI=1S/C31H32.2C2H6/c1-5-26(30(20-22(2)3)28-16-17-28)13-11-25-12-15-27(31(21-25)29-18-19-29)14-10-24-8-6-23(4)7-9-24;2*1-2/h6-9,12,15,20-21,28-29H,5,16-19H2,1-4H3;2*1-2H3/b30-26-;;. The summed E-state index contributed by atoms with van der Waals surface area (Å²) in [6, 6.07) is 15.0. The molecule has 2 aromatic carbocycles. The van der Waals surface area contributed by atoms with Crippen molar-refractivity contribution in [3.05, 3.63) is 93.1 Å². The second kappa shape index (κ2) is 14.4. The molecule has 0 nitrogen and oxygen atoms in total. The molecular formula is C35H44. The molecule has 0 aliphatic heterocycles. The van der Waals surface area contributed by atoms with Gasteiger partial charge in [-0.2, -0.15) is 0 Å². The molecule has 0 radical (unpaired) electrons. The van der Waals surface area contributed by atoms with Crippen molar-refractivity contribution in [2.45, 2.75) is 93.4 Å². The fourth-order valence-electron chi connectivity index (χ4n) is 3.93. The maximum atomic E-state index is 3.53. The smallest absolute Gasteiger partial charge is 0.0284 e. The summed E-state index contributed by atoms with van der Waals surface area (Å²) >= 11 is 0. The summed E-state index contributed by atoms with van der Waals surface area (Å²) in [6.07, 6.45) is 8.50. The van der Waals surface area contributed by atoms with Crippen LogP contribution in [-0.2, 0) is 0 Å². The number of hydrogen-bond donors (Lipinski definition) is 0. The number of allylic oxidation sites excluding steroid dienone is 4. The van der Waals surface area contributed by atoms with Gasteiger partial charge in [-0.3, -0.25) is 0 Å². The van der Waals surface area contributed by atoms with Crippen molar-refractivity contribution in [2.75, 3.05) is 0 Å². The lowest BCUT2D eigenvalue weighted by Gasteiger charge is -2.06. The van der Waals surface area contributed by atoms with Gasteiger partial charge in [-0.05, 0) is 106 Å². The number of aryl methyl sites for hydroxylation is 1. The lowest BCUT2D eigenvalue weighted by molar-refractivity contribution is 0.990. The molecule has 0 aromatic heterocycles. The van der Waals surface area contributed by atoms with E-state index in [2.05, 4.69) is 99.9 Å². The normalized spacial score (nSPS) is 14.3. The van der Waals surface area contributed by atoms with Gasteiger partial charge in [0, 0.05) is 22.3 Å². The van der Waals surface area contributed by atoms with Gasteiger partial charge in [0.05, 0.1) is 0 Å². The van der Waals surface area contributed by atoms with Gasteiger partial charge in [0.1, 0.15) is 0 Å². The van der Waals surface area contributed by atoms with E-state index in [-0.39, 0.29) is 0 Å². The zero-order valence-corrected chi connectivity index (χ0v) is 23.3. The van der Waals surface area contributed by atoms with Crippen LogP contribution >= 0.6 is 0 Å². The van der Waals surface area contributed by atoms with E-state index < -0.39 is 0 Å². The van der Waals surface area contributed by atoms with E-state index in [4.69, 9.17) is 0 Å². The minimum absolute atomic E-state index is 0.651. The minimum atomic E-state index is 0.651. The highest BCUT2D eigenvalue weighted by atomic mass is 14.3. The van der Waals surface area contributed by atoms with Crippen LogP contribution in [0.5, 0.6) is 0 Å². The zero-order valence-electron chi connectivity index (χ0n) is 23.3. The predicted molar refractivity (Wildman–Crippen MR) is 155 cm³/mol. The van der Waals surface area contributed by atoms with Gasteiger partial charge in [-0.15, -0.1) is 0 Å². The Morgan fingerprint density at radius 1 is 0.829 bits per heavy atom. The van der Waals surface area contributed by atoms with E-state index in [0.29, 0.717) is 5.92 Å². The van der Waals surface area contributed by atoms with E-state index in [1.165, 1.54) is 53.5 Å². The molecule has 2 aliphatic rings. The first-order valence-corrected chi connectivity index (χ1v) is 13.7. The maximum Gasteiger partial charge on any atom is 0.0284 e. The third kappa shape index (κ3) is 8.96. The van der Waals surface area contributed by atoms with Crippen molar-refractivity contribution in [2.24, 2.45) is 5.92 Å². The lowest BCUT2D eigenvalue weighted by atomic mass is 9.98. The summed E-state index contributed by atoms with van der Waals surface area (Å²) in [4.78, 5) is 0. The van der Waals surface area contributed by atoms with Crippen molar-refractivity contribution in [1.29, 1.82) is 0 Å². The van der Waals surface area contributed by atoms with Crippen LogP contribution in [-0.4, -0.2) is 0 Å². The molecule has 0 saturated heterocycles. The van der Waals surface area contributed by atoms with Crippen molar-refractivity contribution in [3.8, 4) is 23.7 Å². The molecular weight excluding hydrogens is 420 g/mol. The second-order valence-electron chi connectivity index (χ2n) is 9.23. The lowest BCUT2D eigenvalue weighted by Crippen LogP contribution is -1.92. The largest absolute Gasteiger partial charge is 0.0761 e. The SMILES string of the molecule is CC.CC.CC/C(C#Cc1ccc(C#Cc2ccc(C)cc2)c(C2CC2)c1)=C(\C=C(C)C)C1CC1. The van der Waals surface area contributed by atoms with Gasteiger partial charge in [-0.1, -0.05) is 87.6 Å². The third-order valence-electron chi connectivity index (χ3n) is 5.98. The Balaban J connectivity index is 0.00000103. The topological polar surface area (TPSA) is 0 Å². The molecule has 35 heavy (non-hydrogen) atoms. The van der Waals surface area contributed by atoms with Gasteiger partial charge < -0.3 is 0 Å². The fourth-order valence-corrected chi connectivity index (χ4v) is 3.93. The fraction of sp³-hybridized carbons (Fsp3) is 0.429. The van der Waals surface area contributed by atoms with Crippen LogP contribution < -0.4 is 0 Å². The molecule has 0 N–H and O–H groups in total. The Bertz CT molecular complexity index is 1130. The summed E-state index contributed by atoms with van der Waals surface area (Å²) in [5.74, 6) is 15.1. The van der Waals surface area contributed by atoms with Crippen molar-refractivity contribution < 1.29 is 0 Å². The van der Waals surface area contributed by atoms with Crippen LogP contribution in [0.2, 0.25) is 0 Å². The first-order chi connectivity index (χ1) is 17.0. The van der Waals surface area contributed by atoms with Gasteiger partial charge >= 0.3 is 0 Å². The summed E-state index contributed by atoms with van der Waals surface area (Å²) < 4.78 is 0. The Hall–Kier alpha value is -2.96. The molecule has 0 heterocycles. The Morgan fingerprint density at radius 2 is 1.46 bits per heavy atom. The molecule has 2 saturated carbocycles.